The highest BCUT2D eigenvalue weighted by Crippen LogP contribution is 2.34. The lowest BCUT2D eigenvalue weighted by Crippen LogP contribution is -2.52. The molecule has 2 aliphatic rings. The van der Waals surface area contributed by atoms with Crippen molar-refractivity contribution < 1.29 is 17.4 Å². The van der Waals surface area contributed by atoms with E-state index in [-0.39, 0.29) is 17.0 Å². The number of halogens is 3. The number of aryl methyl sites for hydroxylation is 2. The van der Waals surface area contributed by atoms with Crippen LogP contribution in [0.15, 0.2) is 24.3 Å². The van der Waals surface area contributed by atoms with E-state index in [1.54, 1.807) is 20.0 Å². The Morgan fingerprint density at radius 3 is 2.48 bits per heavy atom. The molecule has 2 aliphatic heterocycles. The molecule has 15 heteroatoms. The summed E-state index contributed by atoms with van der Waals surface area (Å²) in [6, 6.07) is 10.7. The number of piperidine rings is 1. The summed E-state index contributed by atoms with van der Waals surface area (Å²) in [5.41, 5.74) is 4.14. The third-order valence-electron chi connectivity index (χ3n) is 9.59. The molecule has 10 nitrogen and oxygen atoms in total. The summed E-state index contributed by atoms with van der Waals surface area (Å²) < 4.78 is 58.1. The Morgan fingerprint density at radius 1 is 1.08 bits per heavy atom. The van der Waals surface area contributed by atoms with Gasteiger partial charge in [0.2, 0.25) is 0 Å². The SMILES string of the molecule is CNS(=O)N1CCN([C@@H](C)Cn2c(C#N)cc3c(C)c(CN4CCC(Nc5nc(C)nc6sc(CC(F)(F)F)cc56)CC4)ccc32)CC1. The van der Waals surface area contributed by atoms with Crippen molar-refractivity contribution in [3.05, 3.63) is 51.8 Å². The first-order valence-electron chi connectivity index (χ1n) is 16.3. The molecule has 0 saturated carbocycles. The molecule has 0 radical (unpaired) electrons. The Bertz CT molecular complexity index is 1830. The fourth-order valence-corrected chi connectivity index (χ4v) is 8.80. The first kappa shape index (κ1) is 34.7. The van der Waals surface area contributed by atoms with Crippen LogP contribution in [-0.4, -0.2) is 97.4 Å². The molecule has 258 valence electrons. The van der Waals surface area contributed by atoms with Gasteiger partial charge in [-0.3, -0.25) is 9.80 Å². The lowest BCUT2D eigenvalue weighted by atomic mass is 10.0. The number of fused-ring (bicyclic) bond motifs is 2. The van der Waals surface area contributed by atoms with E-state index in [0.717, 1.165) is 80.9 Å². The van der Waals surface area contributed by atoms with E-state index in [0.29, 0.717) is 34.1 Å². The van der Waals surface area contributed by atoms with Gasteiger partial charge in [0.25, 0.3) is 0 Å². The summed E-state index contributed by atoms with van der Waals surface area (Å²) in [5.74, 6) is 1.15. The molecule has 0 spiro atoms. The van der Waals surface area contributed by atoms with Crippen molar-refractivity contribution in [3.63, 3.8) is 0 Å². The number of benzene rings is 1. The van der Waals surface area contributed by atoms with Crippen LogP contribution in [0.5, 0.6) is 0 Å². The number of aromatic nitrogens is 3. The maximum atomic E-state index is 13.0. The quantitative estimate of drug-likeness (QED) is 0.237. The third kappa shape index (κ3) is 7.69. The Kier molecular flexibility index (Phi) is 10.4. The van der Waals surface area contributed by atoms with E-state index < -0.39 is 23.8 Å². The van der Waals surface area contributed by atoms with Gasteiger partial charge in [-0.2, -0.15) is 18.4 Å². The number of nitrogens with zero attached hydrogens (tertiary/aromatic N) is 7. The minimum atomic E-state index is -4.26. The van der Waals surface area contributed by atoms with Crippen LogP contribution < -0.4 is 10.0 Å². The maximum absolute atomic E-state index is 13.0. The second kappa shape index (κ2) is 14.4. The molecule has 48 heavy (non-hydrogen) atoms. The van der Waals surface area contributed by atoms with Crippen molar-refractivity contribution in [1.82, 2.24) is 33.4 Å². The third-order valence-corrected chi connectivity index (χ3v) is 11.8. The van der Waals surface area contributed by atoms with Gasteiger partial charge in [0, 0.05) is 80.2 Å². The Labute approximate surface area is 285 Å². The normalized spacial score (nSPS) is 18.8. The van der Waals surface area contributed by atoms with Crippen LogP contribution in [0.3, 0.4) is 0 Å². The molecule has 0 bridgehead atoms. The molecule has 3 aromatic heterocycles. The first-order chi connectivity index (χ1) is 22.9. The van der Waals surface area contributed by atoms with Crippen molar-refractivity contribution >= 4 is 49.4 Å². The average molecular weight is 702 g/mol. The molecule has 1 unspecified atom stereocenters. The van der Waals surface area contributed by atoms with Gasteiger partial charge in [0.05, 0.1) is 11.8 Å². The average Bonchev–Trinajstić information content (AvgIpc) is 3.62. The summed E-state index contributed by atoms with van der Waals surface area (Å²) in [5, 5.41) is 15.3. The number of anilines is 1. The van der Waals surface area contributed by atoms with Crippen LogP contribution in [-0.2, 0) is 30.7 Å². The highest BCUT2D eigenvalue weighted by molar-refractivity contribution is 7.80. The largest absolute Gasteiger partial charge is 0.393 e. The summed E-state index contributed by atoms with van der Waals surface area (Å²) >= 11 is -0.0754. The molecule has 0 aliphatic carbocycles. The Hall–Kier alpha value is -3.13. The predicted molar refractivity (Wildman–Crippen MR) is 185 cm³/mol. The van der Waals surface area contributed by atoms with Crippen LogP contribution in [0.25, 0.3) is 21.1 Å². The van der Waals surface area contributed by atoms with E-state index in [1.165, 1.54) is 11.1 Å². The number of alkyl halides is 3. The Balaban J connectivity index is 1.09. The molecule has 6 rings (SSSR count). The molecular weight excluding hydrogens is 660 g/mol. The first-order valence-corrected chi connectivity index (χ1v) is 18.3. The van der Waals surface area contributed by atoms with Gasteiger partial charge in [0.1, 0.15) is 28.2 Å². The number of nitrogens with one attached hydrogen (secondary N) is 2. The van der Waals surface area contributed by atoms with Gasteiger partial charge < -0.3 is 9.88 Å². The molecule has 2 fully saturated rings. The van der Waals surface area contributed by atoms with Crippen molar-refractivity contribution in [1.29, 1.82) is 5.26 Å². The molecule has 2 saturated heterocycles. The standard InChI is InChI=1S/C33H42F3N9OS2/c1-21(43-11-13-44(14-12-43)48(46)38-4)19-45-26(18-37)15-28-22(2)24(5-6-30(28)45)20-42-9-7-25(8-10-42)41-31-29-16-27(17-33(34,35)36)47-32(29)40-23(3)39-31/h5-6,15-16,21,25,38H,7-14,17,19-20H2,1-4H3,(H,39,40,41)/t21-,48?/m0/s1. The minimum absolute atomic E-state index is 0.163. The van der Waals surface area contributed by atoms with Crippen LogP contribution in [0.4, 0.5) is 19.0 Å². The highest BCUT2D eigenvalue weighted by atomic mass is 32.2. The van der Waals surface area contributed by atoms with Crippen molar-refractivity contribution in [2.24, 2.45) is 0 Å². The van der Waals surface area contributed by atoms with Crippen molar-refractivity contribution in [3.8, 4) is 6.07 Å². The number of piperazine rings is 1. The van der Waals surface area contributed by atoms with Gasteiger partial charge in [-0.1, -0.05) is 6.07 Å². The van der Waals surface area contributed by atoms with E-state index in [1.807, 2.05) is 10.4 Å². The predicted octanol–water partition coefficient (Wildman–Crippen LogP) is 5.12. The van der Waals surface area contributed by atoms with Crippen LogP contribution >= 0.6 is 11.3 Å². The van der Waals surface area contributed by atoms with Crippen LogP contribution in [0.2, 0.25) is 0 Å². The fraction of sp³-hybridized carbons (Fsp3) is 0.545. The number of nitriles is 1. The second-order valence-corrected chi connectivity index (χ2v) is 15.4. The summed E-state index contributed by atoms with van der Waals surface area (Å²) in [6.07, 6.45) is -3.45. The number of hydrogen-bond acceptors (Lipinski definition) is 8. The van der Waals surface area contributed by atoms with E-state index >= 15 is 0 Å². The number of thiophene rings is 1. The highest BCUT2D eigenvalue weighted by Gasteiger charge is 2.30. The number of hydrogen-bond donors (Lipinski definition) is 2. The Morgan fingerprint density at radius 2 is 1.81 bits per heavy atom. The molecule has 1 aromatic carbocycles. The second-order valence-electron chi connectivity index (χ2n) is 12.8. The van der Waals surface area contributed by atoms with Crippen LogP contribution in [0.1, 0.15) is 47.3 Å². The fourth-order valence-electron chi connectivity index (χ4n) is 6.94. The lowest BCUT2D eigenvalue weighted by molar-refractivity contribution is -0.126. The van der Waals surface area contributed by atoms with Crippen molar-refractivity contribution in [2.75, 3.05) is 51.6 Å². The van der Waals surface area contributed by atoms with Crippen LogP contribution in [0, 0.1) is 25.2 Å². The van der Waals surface area contributed by atoms with Gasteiger partial charge in [-0.25, -0.2) is 23.2 Å². The van der Waals surface area contributed by atoms with Crippen molar-refractivity contribution in [2.45, 2.75) is 71.4 Å². The molecular formula is C33H42F3N9OS2. The van der Waals surface area contributed by atoms with E-state index in [9.17, 15) is 22.6 Å². The van der Waals surface area contributed by atoms with Gasteiger partial charge >= 0.3 is 6.18 Å². The molecule has 2 atom stereocenters. The number of rotatable bonds is 10. The molecule has 0 amide bonds. The zero-order valence-electron chi connectivity index (χ0n) is 27.7. The maximum Gasteiger partial charge on any atom is 0.393 e. The summed E-state index contributed by atoms with van der Waals surface area (Å²) in [7, 11) is 1.70. The minimum Gasteiger partial charge on any atom is -0.367 e. The molecule has 4 aromatic rings. The van der Waals surface area contributed by atoms with E-state index in [2.05, 4.69) is 66.4 Å². The topological polar surface area (TPSA) is 105 Å². The molecule has 2 N–H and O–H groups in total. The summed E-state index contributed by atoms with van der Waals surface area (Å²) in [6.45, 7) is 12.5. The van der Waals surface area contributed by atoms with E-state index in [4.69, 9.17) is 0 Å². The van der Waals surface area contributed by atoms with Gasteiger partial charge in [0.15, 0.2) is 11.2 Å². The van der Waals surface area contributed by atoms with Gasteiger partial charge in [-0.05, 0) is 70.0 Å². The lowest BCUT2D eigenvalue weighted by Gasteiger charge is -2.37. The van der Waals surface area contributed by atoms with Gasteiger partial charge in [-0.15, -0.1) is 11.3 Å². The molecule has 5 heterocycles. The zero-order chi connectivity index (χ0) is 34.2. The summed E-state index contributed by atoms with van der Waals surface area (Å²) in [4.78, 5) is 14.6. The smallest absolute Gasteiger partial charge is 0.367 e. The zero-order valence-corrected chi connectivity index (χ0v) is 29.4. The monoisotopic (exact) mass is 701 g/mol. The number of likely N-dealkylation sites (tertiary alicyclic amines) is 1.